The Morgan fingerprint density at radius 1 is 1.11 bits per heavy atom. The van der Waals surface area contributed by atoms with Gasteiger partial charge in [0, 0.05) is 24.6 Å². The van der Waals surface area contributed by atoms with Gasteiger partial charge in [0.15, 0.2) is 11.5 Å². The average Bonchev–Trinajstić information content (AvgIpc) is 3.35. The fourth-order valence-electron chi connectivity index (χ4n) is 4.56. The van der Waals surface area contributed by atoms with Crippen molar-refractivity contribution in [3.63, 3.8) is 0 Å². The molecule has 0 radical (unpaired) electrons. The normalized spacial score (nSPS) is 13.7. The lowest BCUT2D eigenvalue weighted by Crippen LogP contribution is -2.40. The number of fused-ring (bicyclic) bond motifs is 1. The average molecular weight is 489 g/mol. The first-order valence-corrected chi connectivity index (χ1v) is 12.4. The monoisotopic (exact) mass is 488 g/mol. The van der Waals surface area contributed by atoms with Crippen LogP contribution >= 0.6 is 0 Å². The van der Waals surface area contributed by atoms with Crippen molar-refractivity contribution in [3.05, 3.63) is 93.4 Å². The van der Waals surface area contributed by atoms with Gasteiger partial charge in [-0.05, 0) is 48.2 Å². The molecule has 3 aromatic rings. The summed E-state index contributed by atoms with van der Waals surface area (Å²) in [6.07, 6.45) is 5.34. The van der Waals surface area contributed by atoms with E-state index in [0.29, 0.717) is 29.9 Å². The molecule has 2 heterocycles. The first-order chi connectivity index (χ1) is 17.5. The molecule has 2 atom stereocenters. The van der Waals surface area contributed by atoms with E-state index in [9.17, 15) is 14.4 Å². The van der Waals surface area contributed by atoms with Gasteiger partial charge >= 0.3 is 0 Å². The number of amides is 1. The molecule has 0 bridgehead atoms. The number of pyridine rings is 1. The van der Waals surface area contributed by atoms with Gasteiger partial charge in [0.25, 0.3) is 5.56 Å². The molecule has 188 valence electrons. The summed E-state index contributed by atoms with van der Waals surface area (Å²) in [7, 11) is 0. The van der Waals surface area contributed by atoms with Crippen molar-refractivity contribution in [2.24, 2.45) is 0 Å². The van der Waals surface area contributed by atoms with Crippen LogP contribution in [0.2, 0.25) is 0 Å². The zero-order valence-electron chi connectivity index (χ0n) is 20.7. The second-order valence-corrected chi connectivity index (χ2v) is 9.15. The van der Waals surface area contributed by atoms with E-state index in [4.69, 9.17) is 9.47 Å². The number of hydrogen-bond acceptors (Lipinski definition) is 5. The number of nitrogens with zero attached hydrogens (tertiary/aromatic N) is 1. The lowest BCUT2D eigenvalue weighted by atomic mass is 10.0. The fraction of sp³-hybridized carbons (Fsp3) is 0.345. The number of rotatable bonds is 11. The number of carbonyl (C=O) groups excluding carboxylic acids is 2. The summed E-state index contributed by atoms with van der Waals surface area (Å²) >= 11 is 0. The van der Waals surface area contributed by atoms with Gasteiger partial charge < -0.3 is 24.2 Å². The predicted octanol–water partition coefficient (Wildman–Crippen LogP) is 4.65. The van der Waals surface area contributed by atoms with Gasteiger partial charge in [-0.1, -0.05) is 56.2 Å². The Labute approximate surface area is 211 Å². The largest absolute Gasteiger partial charge is 0.454 e. The summed E-state index contributed by atoms with van der Waals surface area (Å²) in [5.41, 5.74) is 3.17. The molecule has 1 aromatic heterocycles. The molecule has 0 fully saturated rings. The molecule has 0 saturated carbocycles. The molecule has 1 N–H and O–H groups in total. The first kappa shape index (κ1) is 25.2. The van der Waals surface area contributed by atoms with Crippen molar-refractivity contribution in [3.8, 4) is 11.5 Å². The number of aromatic nitrogens is 1. The molecule has 7 heteroatoms. The number of nitrogens with one attached hydrogen (secondary N) is 1. The van der Waals surface area contributed by atoms with Crippen LogP contribution in [0.15, 0.2) is 65.6 Å². The molecule has 36 heavy (non-hydrogen) atoms. The summed E-state index contributed by atoms with van der Waals surface area (Å²) in [6, 6.07) is 15.9. The van der Waals surface area contributed by atoms with Crippen LogP contribution in [-0.4, -0.2) is 23.6 Å². The number of unbranched alkanes of at least 4 members (excludes halogenated alkanes) is 1. The number of carbonyl (C=O) groups is 2. The second kappa shape index (κ2) is 11.7. The van der Waals surface area contributed by atoms with Crippen LogP contribution in [0.3, 0.4) is 0 Å². The molecule has 0 saturated heterocycles. The van der Waals surface area contributed by atoms with Gasteiger partial charge in [0.05, 0.1) is 6.04 Å². The number of ether oxygens (including phenoxy) is 2. The molecule has 0 aliphatic carbocycles. The van der Waals surface area contributed by atoms with E-state index in [0.717, 1.165) is 35.8 Å². The Balaban J connectivity index is 1.63. The van der Waals surface area contributed by atoms with Crippen LogP contribution in [0.5, 0.6) is 11.5 Å². The number of hydrogen-bond donors (Lipinski definition) is 1. The third-order valence-corrected chi connectivity index (χ3v) is 6.41. The Hall–Kier alpha value is -3.87. The summed E-state index contributed by atoms with van der Waals surface area (Å²) in [5, 5.41) is 3.02. The predicted molar refractivity (Wildman–Crippen MR) is 137 cm³/mol. The molecular weight excluding hydrogens is 456 g/mol. The quantitative estimate of drug-likeness (QED) is 0.397. The van der Waals surface area contributed by atoms with Crippen molar-refractivity contribution < 1.29 is 19.1 Å². The molecule has 1 aliphatic rings. The Morgan fingerprint density at radius 2 is 1.89 bits per heavy atom. The molecule has 1 amide bonds. The fourth-order valence-corrected chi connectivity index (χ4v) is 4.56. The second-order valence-electron chi connectivity index (χ2n) is 9.15. The maximum Gasteiger partial charge on any atom is 0.254 e. The van der Waals surface area contributed by atoms with E-state index < -0.39 is 12.1 Å². The van der Waals surface area contributed by atoms with E-state index in [1.807, 2.05) is 49.4 Å². The van der Waals surface area contributed by atoms with Crippen LogP contribution < -0.4 is 20.3 Å². The van der Waals surface area contributed by atoms with E-state index in [1.165, 1.54) is 0 Å². The lowest BCUT2D eigenvalue weighted by molar-refractivity contribution is -0.125. The molecule has 2 aromatic carbocycles. The summed E-state index contributed by atoms with van der Waals surface area (Å²) in [5.74, 6) is 0.931. The third-order valence-electron chi connectivity index (χ3n) is 6.41. The van der Waals surface area contributed by atoms with Gasteiger partial charge in [-0.3, -0.25) is 9.59 Å². The van der Waals surface area contributed by atoms with Crippen molar-refractivity contribution in [2.75, 3.05) is 6.79 Å². The highest BCUT2D eigenvalue weighted by Gasteiger charge is 2.26. The van der Waals surface area contributed by atoms with E-state index in [2.05, 4.69) is 12.2 Å². The maximum absolute atomic E-state index is 13.6. The minimum Gasteiger partial charge on any atom is -0.454 e. The molecule has 0 unspecified atom stereocenters. The minimum atomic E-state index is -0.685. The maximum atomic E-state index is 13.6. The Kier molecular flexibility index (Phi) is 8.21. The van der Waals surface area contributed by atoms with Gasteiger partial charge in [-0.2, -0.15) is 0 Å². The van der Waals surface area contributed by atoms with E-state index in [1.54, 1.807) is 22.9 Å². The third kappa shape index (κ3) is 5.85. The molecule has 0 spiro atoms. The van der Waals surface area contributed by atoms with Crippen LogP contribution in [-0.2, 0) is 16.0 Å². The zero-order valence-corrected chi connectivity index (χ0v) is 20.7. The SMILES string of the molecule is CCCC[C@@H](C(=O)N[C@@H](CC=O)c1ccc2c(c1)OCO2)n1cc(C)cc(Cc2ccccc2)c1=O. The van der Waals surface area contributed by atoms with Gasteiger partial charge in [-0.25, -0.2) is 0 Å². The number of aldehydes is 1. The van der Waals surface area contributed by atoms with Crippen molar-refractivity contribution in [1.82, 2.24) is 9.88 Å². The van der Waals surface area contributed by atoms with Gasteiger partial charge in [0.2, 0.25) is 12.7 Å². The summed E-state index contributed by atoms with van der Waals surface area (Å²) in [4.78, 5) is 38.6. The van der Waals surface area contributed by atoms with Gasteiger partial charge in [-0.15, -0.1) is 0 Å². The standard InChI is InChI=1S/C29H32N2O5/c1-3-4-10-25(31-18-20(2)15-23(29(31)34)16-21-8-6-5-7-9-21)28(33)30-24(13-14-32)22-11-12-26-27(17-22)36-19-35-26/h5-9,11-12,14-15,17-18,24-25H,3-4,10,13,16,19H2,1-2H3,(H,30,33)/t24-,25-/m0/s1. The Morgan fingerprint density at radius 3 is 2.64 bits per heavy atom. The van der Waals surface area contributed by atoms with Crippen molar-refractivity contribution >= 4 is 12.2 Å². The van der Waals surface area contributed by atoms with Crippen LogP contribution in [0.4, 0.5) is 0 Å². The first-order valence-electron chi connectivity index (χ1n) is 12.4. The zero-order chi connectivity index (χ0) is 25.5. The van der Waals surface area contributed by atoms with Crippen LogP contribution in [0, 0.1) is 6.92 Å². The van der Waals surface area contributed by atoms with Crippen LogP contribution in [0.25, 0.3) is 0 Å². The Bertz CT molecular complexity index is 1270. The highest BCUT2D eigenvalue weighted by Crippen LogP contribution is 2.35. The van der Waals surface area contributed by atoms with Crippen molar-refractivity contribution in [1.29, 1.82) is 0 Å². The van der Waals surface area contributed by atoms with E-state index in [-0.39, 0.29) is 24.7 Å². The highest BCUT2D eigenvalue weighted by molar-refractivity contribution is 5.81. The smallest absolute Gasteiger partial charge is 0.254 e. The lowest BCUT2D eigenvalue weighted by Gasteiger charge is -2.24. The molecule has 1 aliphatic heterocycles. The van der Waals surface area contributed by atoms with Gasteiger partial charge in [0.1, 0.15) is 12.3 Å². The minimum absolute atomic E-state index is 0.105. The number of benzene rings is 2. The topological polar surface area (TPSA) is 86.6 Å². The van der Waals surface area contributed by atoms with Crippen molar-refractivity contribution in [2.45, 2.75) is 58.0 Å². The highest BCUT2D eigenvalue weighted by atomic mass is 16.7. The summed E-state index contributed by atoms with van der Waals surface area (Å²) < 4.78 is 12.4. The van der Waals surface area contributed by atoms with Crippen LogP contribution in [0.1, 0.15) is 66.9 Å². The van der Waals surface area contributed by atoms with E-state index >= 15 is 0 Å². The molecule has 7 nitrogen and oxygen atoms in total. The number of aryl methyl sites for hydroxylation is 1. The molecule has 4 rings (SSSR count). The summed E-state index contributed by atoms with van der Waals surface area (Å²) in [6.45, 7) is 4.13. The molecular formula is C29H32N2O5.